The second-order valence-electron chi connectivity index (χ2n) is 4.31. The minimum Gasteiger partial charge on any atom is -0.487 e. The van der Waals surface area contributed by atoms with Crippen molar-refractivity contribution in [3.8, 4) is 5.75 Å². The summed E-state index contributed by atoms with van der Waals surface area (Å²) in [6.07, 6.45) is 0.961. The van der Waals surface area contributed by atoms with E-state index in [2.05, 4.69) is 12.2 Å². The van der Waals surface area contributed by atoms with E-state index in [1.807, 2.05) is 0 Å². The van der Waals surface area contributed by atoms with Crippen LogP contribution in [0.4, 0.5) is 4.39 Å². The van der Waals surface area contributed by atoms with Gasteiger partial charge in [-0.25, -0.2) is 4.39 Å². The van der Waals surface area contributed by atoms with E-state index in [0.29, 0.717) is 24.5 Å². The molecule has 1 aromatic rings. The first-order chi connectivity index (χ1) is 8.67. The molecular weight excluding hydrogens is 233 g/mol. The van der Waals surface area contributed by atoms with Crippen molar-refractivity contribution in [2.75, 3.05) is 26.8 Å². The first kappa shape index (κ1) is 14.9. The molecule has 0 bridgehead atoms. The van der Waals surface area contributed by atoms with E-state index in [0.717, 1.165) is 13.0 Å². The van der Waals surface area contributed by atoms with Gasteiger partial charge in [-0.05, 0) is 31.5 Å². The van der Waals surface area contributed by atoms with Crippen molar-refractivity contribution in [1.82, 2.24) is 5.32 Å². The summed E-state index contributed by atoms with van der Waals surface area (Å²) in [6.45, 7) is 5.94. The van der Waals surface area contributed by atoms with Crippen molar-refractivity contribution < 1.29 is 13.9 Å². The summed E-state index contributed by atoms with van der Waals surface area (Å²) in [5, 5.41) is 3.27. The van der Waals surface area contributed by atoms with Crippen LogP contribution in [-0.4, -0.2) is 32.9 Å². The number of nitrogens with one attached hydrogen (secondary N) is 1. The lowest BCUT2D eigenvalue weighted by atomic mass is 10.2. The number of hydrogen-bond acceptors (Lipinski definition) is 3. The molecule has 0 radical (unpaired) electrons. The summed E-state index contributed by atoms with van der Waals surface area (Å²) >= 11 is 0. The van der Waals surface area contributed by atoms with Crippen LogP contribution in [0.3, 0.4) is 0 Å². The van der Waals surface area contributed by atoms with Crippen molar-refractivity contribution in [2.45, 2.75) is 26.4 Å². The van der Waals surface area contributed by atoms with Crippen molar-refractivity contribution in [2.24, 2.45) is 0 Å². The summed E-state index contributed by atoms with van der Waals surface area (Å²) in [4.78, 5) is 0. The molecule has 4 heteroatoms. The minimum atomic E-state index is -0.245. The van der Waals surface area contributed by atoms with Gasteiger partial charge >= 0.3 is 0 Å². The van der Waals surface area contributed by atoms with Crippen LogP contribution >= 0.6 is 0 Å². The summed E-state index contributed by atoms with van der Waals surface area (Å²) < 4.78 is 24.2. The lowest BCUT2D eigenvalue weighted by Crippen LogP contribution is -2.35. The highest BCUT2D eigenvalue weighted by molar-refractivity contribution is 5.28. The standard InChI is InChI=1S/C14H22FNO2/c1-4-7-16-9-13(10-17-3)18-12-6-5-11(2)14(15)8-12/h5-6,8,13,16H,4,7,9-10H2,1-3H3. The molecule has 0 saturated carbocycles. The second kappa shape index (κ2) is 8.06. The predicted octanol–water partition coefficient (Wildman–Crippen LogP) is 2.53. The second-order valence-corrected chi connectivity index (χ2v) is 4.31. The summed E-state index contributed by atoms with van der Waals surface area (Å²) in [5.41, 5.74) is 0.620. The van der Waals surface area contributed by atoms with E-state index in [-0.39, 0.29) is 11.9 Å². The average Bonchev–Trinajstić information content (AvgIpc) is 2.34. The Morgan fingerprint density at radius 1 is 1.39 bits per heavy atom. The fourth-order valence-electron chi connectivity index (χ4n) is 1.60. The Labute approximate surface area is 108 Å². The lowest BCUT2D eigenvalue weighted by molar-refractivity contribution is 0.0805. The highest BCUT2D eigenvalue weighted by Crippen LogP contribution is 2.17. The summed E-state index contributed by atoms with van der Waals surface area (Å²) in [7, 11) is 1.63. The molecule has 0 spiro atoms. The fourth-order valence-corrected chi connectivity index (χ4v) is 1.60. The van der Waals surface area contributed by atoms with Crippen LogP contribution in [-0.2, 0) is 4.74 Å². The molecule has 0 fully saturated rings. The van der Waals surface area contributed by atoms with Crippen molar-refractivity contribution in [3.63, 3.8) is 0 Å². The van der Waals surface area contributed by atoms with Gasteiger partial charge in [0, 0.05) is 19.7 Å². The normalized spacial score (nSPS) is 12.4. The maximum atomic E-state index is 13.4. The molecule has 0 aliphatic carbocycles. The highest BCUT2D eigenvalue weighted by Gasteiger charge is 2.10. The molecule has 0 aromatic heterocycles. The van der Waals surface area contributed by atoms with Gasteiger partial charge in [0.05, 0.1) is 6.61 Å². The van der Waals surface area contributed by atoms with Crippen molar-refractivity contribution in [3.05, 3.63) is 29.6 Å². The fraction of sp³-hybridized carbons (Fsp3) is 0.571. The molecule has 3 nitrogen and oxygen atoms in total. The molecule has 1 N–H and O–H groups in total. The lowest BCUT2D eigenvalue weighted by Gasteiger charge is -2.19. The molecule has 0 saturated heterocycles. The summed E-state index contributed by atoms with van der Waals surface area (Å²) in [5.74, 6) is 0.295. The molecule has 0 aliphatic heterocycles. The SMILES string of the molecule is CCCNCC(COC)Oc1ccc(C)c(F)c1. The molecule has 0 aliphatic rings. The van der Waals surface area contributed by atoms with Crippen molar-refractivity contribution in [1.29, 1.82) is 0 Å². The first-order valence-corrected chi connectivity index (χ1v) is 6.29. The Kier molecular flexibility index (Phi) is 6.68. The predicted molar refractivity (Wildman–Crippen MR) is 70.6 cm³/mol. The molecule has 102 valence electrons. The number of ether oxygens (including phenoxy) is 2. The Morgan fingerprint density at radius 3 is 2.78 bits per heavy atom. The Hall–Kier alpha value is -1.13. The van der Waals surface area contributed by atoms with Crippen LogP contribution in [0.2, 0.25) is 0 Å². The van der Waals surface area contributed by atoms with E-state index in [1.54, 1.807) is 26.2 Å². The zero-order valence-corrected chi connectivity index (χ0v) is 11.3. The van der Waals surface area contributed by atoms with Gasteiger partial charge in [-0.1, -0.05) is 13.0 Å². The molecule has 1 atom stereocenters. The third-order valence-corrected chi connectivity index (χ3v) is 2.60. The van der Waals surface area contributed by atoms with E-state index in [4.69, 9.17) is 9.47 Å². The van der Waals surface area contributed by atoms with E-state index >= 15 is 0 Å². The number of rotatable bonds is 8. The Morgan fingerprint density at radius 2 is 2.17 bits per heavy atom. The van der Waals surface area contributed by atoms with Gasteiger partial charge in [0.1, 0.15) is 17.7 Å². The van der Waals surface area contributed by atoms with Gasteiger partial charge in [-0.2, -0.15) is 0 Å². The molecular formula is C14H22FNO2. The molecule has 1 rings (SSSR count). The highest BCUT2D eigenvalue weighted by atomic mass is 19.1. The van der Waals surface area contributed by atoms with Gasteiger partial charge in [0.25, 0.3) is 0 Å². The van der Waals surface area contributed by atoms with Crippen molar-refractivity contribution >= 4 is 0 Å². The molecule has 1 aromatic carbocycles. The van der Waals surface area contributed by atoms with Gasteiger partial charge in [-0.3, -0.25) is 0 Å². The summed E-state index contributed by atoms with van der Waals surface area (Å²) in [6, 6.07) is 4.91. The van der Waals surface area contributed by atoms with E-state index < -0.39 is 0 Å². The quantitative estimate of drug-likeness (QED) is 0.724. The van der Waals surface area contributed by atoms with Crippen LogP contribution in [0.15, 0.2) is 18.2 Å². The maximum absolute atomic E-state index is 13.4. The maximum Gasteiger partial charge on any atom is 0.134 e. The number of aryl methyl sites for hydroxylation is 1. The topological polar surface area (TPSA) is 30.5 Å². The molecule has 18 heavy (non-hydrogen) atoms. The van der Waals surface area contributed by atoms with Crippen LogP contribution < -0.4 is 10.1 Å². The third-order valence-electron chi connectivity index (χ3n) is 2.60. The van der Waals surface area contributed by atoms with Crippen LogP contribution in [0.1, 0.15) is 18.9 Å². The largest absolute Gasteiger partial charge is 0.487 e. The smallest absolute Gasteiger partial charge is 0.134 e. The first-order valence-electron chi connectivity index (χ1n) is 6.29. The van der Waals surface area contributed by atoms with Gasteiger partial charge < -0.3 is 14.8 Å². The number of hydrogen-bond donors (Lipinski definition) is 1. The van der Waals surface area contributed by atoms with E-state index in [9.17, 15) is 4.39 Å². The number of methoxy groups -OCH3 is 1. The molecule has 0 heterocycles. The number of halogens is 1. The third kappa shape index (κ3) is 5.02. The minimum absolute atomic E-state index is 0.108. The van der Waals surface area contributed by atoms with Gasteiger partial charge in [0.2, 0.25) is 0 Å². The van der Waals surface area contributed by atoms with Gasteiger partial charge in [-0.15, -0.1) is 0 Å². The Balaban J connectivity index is 2.55. The zero-order valence-electron chi connectivity index (χ0n) is 11.3. The van der Waals surface area contributed by atoms with Crippen LogP contribution in [0, 0.1) is 12.7 Å². The number of benzene rings is 1. The van der Waals surface area contributed by atoms with E-state index in [1.165, 1.54) is 6.07 Å². The molecule has 0 amide bonds. The van der Waals surface area contributed by atoms with Crippen LogP contribution in [0.25, 0.3) is 0 Å². The monoisotopic (exact) mass is 255 g/mol. The van der Waals surface area contributed by atoms with Crippen LogP contribution in [0.5, 0.6) is 5.75 Å². The molecule has 1 unspecified atom stereocenters. The Bertz CT molecular complexity index is 358. The zero-order chi connectivity index (χ0) is 13.4. The van der Waals surface area contributed by atoms with Gasteiger partial charge in [0.15, 0.2) is 0 Å². The average molecular weight is 255 g/mol.